The highest BCUT2D eigenvalue weighted by molar-refractivity contribution is 8.00. The fraction of sp³-hybridized carbons (Fsp3) is 1.00. The van der Waals surface area contributed by atoms with Gasteiger partial charge in [0.2, 0.25) is 0 Å². The largest absolute Gasteiger partial charge is 0.380 e. The van der Waals surface area contributed by atoms with Gasteiger partial charge in [0.25, 0.3) is 0 Å². The predicted molar refractivity (Wildman–Crippen MR) is 95.3 cm³/mol. The molecule has 0 saturated heterocycles. The van der Waals surface area contributed by atoms with Crippen LogP contribution in [0.5, 0.6) is 0 Å². The monoisotopic (exact) mass is 322 g/mol. The molecular weight excluding hydrogens is 288 g/mol. The van der Waals surface area contributed by atoms with Crippen molar-refractivity contribution < 1.29 is 4.74 Å². The summed E-state index contributed by atoms with van der Waals surface area (Å²) < 4.78 is 5.55. The summed E-state index contributed by atoms with van der Waals surface area (Å²) in [6, 6.07) is 0. The molecule has 0 aliphatic rings. The molecule has 122 valence electrons. The van der Waals surface area contributed by atoms with Crippen LogP contribution >= 0.6 is 23.4 Å². The third-order valence-corrected chi connectivity index (χ3v) is 6.05. The lowest BCUT2D eigenvalue weighted by Crippen LogP contribution is -2.32. The second-order valence-electron chi connectivity index (χ2n) is 5.59. The Hall–Kier alpha value is 0.600. The number of alkyl halides is 1. The van der Waals surface area contributed by atoms with E-state index in [1.54, 1.807) is 7.11 Å². The molecule has 3 heteroatoms. The third kappa shape index (κ3) is 9.52. The van der Waals surface area contributed by atoms with Crippen LogP contribution in [0.3, 0.4) is 0 Å². The fourth-order valence-corrected chi connectivity index (χ4v) is 4.45. The van der Waals surface area contributed by atoms with Crippen LogP contribution in [0.4, 0.5) is 0 Å². The van der Waals surface area contributed by atoms with Crippen LogP contribution in [0.2, 0.25) is 0 Å². The number of unbranched alkanes of at least 4 members (excludes halogenated alkanes) is 5. The molecule has 0 aromatic heterocycles. The van der Waals surface area contributed by atoms with Crippen LogP contribution in [0.25, 0.3) is 0 Å². The van der Waals surface area contributed by atoms with Crippen molar-refractivity contribution in [2.24, 2.45) is 0 Å². The molecule has 0 saturated carbocycles. The Morgan fingerprint density at radius 1 is 0.950 bits per heavy atom. The third-order valence-electron chi connectivity index (χ3n) is 3.84. The van der Waals surface area contributed by atoms with E-state index in [0.717, 1.165) is 6.42 Å². The summed E-state index contributed by atoms with van der Waals surface area (Å²) in [6.45, 7) is 6.69. The van der Waals surface area contributed by atoms with Gasteiger partial charge >= 0.3 is 0 Å². The number of methoxy groups -OCH3 is 1. The van der Waals surface area contributed by atoms with E-state index in [1.165, 1.54) is 57.1 Å². The molecule has 0 fully saturated rings. The van der Waals surface area contributed by atoms with E-state index in [4.69, 9.17) is 16.3 Å². The maximum Gasteiger partial charge on any atom is 0.0743 e. The lowest BCUT2D eigenvalue weighted by molar-refractivity contribution is 0.0942. The van der Waals surface area contributed by atoms with Gasteiger partial charge in [-0.3, -0.25) is 0 Å². The first-order valence-electron chi connectivity index (χ1n) is 8.49. The molecule has 0 rings (SSSR count). The summed E-state index contributed by atoms with van der Waals surface area (Å²) in [7, 11) is 1.79. The summed E-state index contributed by atoms with van der Waals surface area (Å²) in [5.74, 6) is 1.25. The van der Waals surface area contributed by atoms with E-state index in [0.29, 0.717) is 5.25 Å². The lowest BCUT2D eigenvalue weighted by Gasteiger charge is -2.27. The Morgan fingerprint density at radius 2 is 1.60 bits per heavy atom. The standard InChI is InChI=1S/C17H35ClOS/c1-5-8-10-12-14-20-16(13-11-9-6-2)17(18)15(7-3)19-4/h15-17H,5-14H2,1-4H3. The van der Waals surface area contributed by atoms with Crippen molar-refractivity contribution in [2.75, 3.05) is 12.9 Å². The second-order valence-corrected chi connectivity index (χ2v) is 7.44. The van der Waals surface area contributed by atoms with Gasteiger partial charge in [-0.1, -0.05) is 59.3 Å². The van der Waals surface area contributed by atoms with E-state index in [9.17, 15) is 0 Å². The minimum absolute atomic E-state index is 0.151. The Kier molecular flexibility index (Phi) is 15.0. The summed E-state index contributed by atoms with van der Waals surface area (Å²) in [5, 5.41) is 0.702. The molecule has 20 heavy (non-hydrogen) atoms. The van der Waals surface area contributed by atoms with Gasteiger partial charge in [0.1, 0.15) is 0 Å². The van der Waals surface area contributed by atoms with Gasteiger partial charge in [-0.25, -0.2) is 0 Å². The highest BCUT2D eigenvalue weighted by atomic mass is 35.5. The summed E-state index contributed by atoms with van der Waals surface area (Å²) in [4.78, 5) is 0. The SMILES string of the molecule is CCCCCCSC(CCCCC)C(Cl)C(CC)OC. The number of hydrogen-bond acceptors (Lipinski definition) is 2. The van der Waals surface area contributed by atoms with Gasteiger partial charge in [-0.15, -0.1) is 11.6 Å². The molecule has 0 aromatic carbocycles. The van der Waals surface area contributed by atoms with Crippen LogP contribution in [0.15, 0.2) is 0 Å². The molecule has 3 atom stereocenters. The average Bonchev–Trinajstić information content (AvgIpc) is 2.46. The Bertz CT molecular complexity index is 197. The van der Waals surface area contributed by atoms with Crippen molar-refractivity contribution in [3.8, 4) is 0 Å². The maximum atomic E-state index is 6.69. The summed E-state index contributed by atoms with van der Waals surface area (Å²) in [6.07, 6.45) is 11.7. The Morgan fingerprint density at radius 3 is 2.15 bits per heavy atom. The van der Waals surface area contributed by atoms with Gasteiger partial charge in [-0.05, 0) is 25.0 Å². The van der Waals surface area contributed by atoms with Gasteiger partial charge < -0.3 is 4.74 Å². The van der Waals surface area contributed by atoms with Crippen molar-refractivity contribution in [3.63, 3.8) is 0 Å². The number of rotatable bonds is 14. The number of thioether (sulfide) groups is 1. The van der Waals surface area contributed by atoms with Gasteiger partial charge in [0.15, 0.2) is 0 Å². The summed E-state index contributed by atoms with van der Waals surface area (Å²) in [5.41, 5.74) is 0. The molecule has 0 bridgehead atoms. The van der Waals surface area contributed by atoms with E-state index in [2.05, 4.69) is 32.5 Å². The topological polar surface area (TPSA) is 9.23 Å². The van der Waals surface area contributed by atoms with Crippen LogP contribution in [-0.2, 0) is 4.74 Å². The molecule has 0 N–H and O–H groups in total. The van der Waals surface area contributed by atoms with E-state index >= 15 is 0 Å². The lowest BCUT2D eigenvalue weighted by atomic mass is 10.1. The van der Waals surface area contributed by atoms with Crippen molar-refractivity contribution in [1.82, 2.24) is 0 Å². The van der Waals surface area contributed by atoms with Gasteiger partial charge in [-0.2, -0.15) is 11.8 Å². The zero-order valence-electron chi connectivity index (χ0n) is 14.0. The van der Waals surface area contributed by atoms with Gasteiger partial charge in [0, 0.05) is 12.4 Å². The van der Waals surface area contributed by atoms with Crippen molar-refractivity contribution in [3.05, 3.63) is 0 Å². The molecule has 0 aromatic rings. The first-order valence-corrected chi connectivity index (χ1v) is 9.98. The molecule has 0 aliphatic heterocycles. The first kappa shape index (κ1) is 20.6. The van der Waals surface area contributed by atoms with Crippen molar-refractivity contribution >= 4 is 23.4 Å². The quantitative estimate of drug-likeness (QED) is 0.275. The molecule has 0 amide bonds. The highest BCUT2D eigenvalue weighted by Crippen LogP contribution is 2.29. The van der Waals surface area contributed by atoms with Crippen LogP contribution in [0.1, 0.15) is 78.6 Å². The maximum absolute atomic E-state index is 6.69. The zero-order chi connectivity index (χ0) is 15.2. The molecule has 1 nitrogen and oxygen atoms in total. The Balaban J connectivity index is 4.17. The van der Waals surface area contributed by atoms with E-state index in [1.807, 2.05) is 0 Å². The molecule has 3 unspecified atom stereocenters. The minimum Gasteiger partial charge on any atom is -0.380 e. The molecule has 0 radical (unpaired) electrons. The molecule has 0 spiro atoms. The fourth-order valence-electron chi connectivity index (χ4n) is 2.45. The average molecular weight is 323 g/mol. The number of halogens is 1. The van der Waals surface area contributed by atoms with E-state index < -0.39 is 0 Å². The minimum atomic E-state index is 0.151. The van der Waals surface area contributed by atoms with Crippen molar-refractivity contribution in [2.45, 2.75) is 95.3 Å². The zero-order valence-corrected chi connectivity index (χ0v) is 15.6. The number of ether oxygens (including phenoxy) is 1. The smallest absolute Gasteiger partial charge is 0.0743 e. The first-order chi connectivity index (χ1) is 9.71. The summed E-state index contributed by atoms with van der Waals surface area (Å²) >= 11 is 8.76. The second kappa shape index (κ2) is 14.5. The Labute approximate surface area is 136 Å². The van der Waals surface area contributed by atoms with Crippen molar-refractivity contribution in [1.29, 1.82) is 0 Å². The molecule has 0 aliphatic carbocycles. The predicted octanol–water partition coefficient (Wildman–Crippen LogP) is 6.28. The normalized spacial score (nSPS) is 16.1. The highest BCUT2D eigenvalue weighted by Gasteiger charge is 2.26. The van der Waals surface area contributed by atoms with E-state index in [-0.39, 0.29) is 11.5 Å². The molecular formula is C17H35ClOS. The van der Waals surface area contributed by atoms with Crippen LogP contribution in [0, 0.1) is 0 Å². The molecule has 0 heterocycles. The number of hydrogen-bond donors (Lipinski definition) is 0. The van der Waals surface area contributed by atoms with Crippen LogP contribution in [-0.4, -0.2) is 29.6 Å². The van der Waals surface area contributed by atoms with Crippen LogP contribution < -0.4 is 0 Å². The van der Waals surface area contributed by atoms with Gasteiger partial charge in [0.05, 0.1) is 11.5 Å².